The molecule has 2 unspecified atom stereocenters. The molecule has 3 atom stereocenters. The molecule has 0 bridgehead atoms. The van der Waals surface area contributed by atoms with Crippen LogP contribution >= 0.6 is 45.2 Å². The fourth-order valence-electron chi connectivity index (χ4n) is 4.34. The zero-order valence-corrected chi connectivity index (χ0v) is 16.2. The van der Waals surface area contributed by atoms with Crippen LogP contribution < -0.4 is 0 Å². The van der Waals surface area contributed by atoms with E-state index in [1.165, 1.54) is 31.4 Å². The average molecular weight is 508 g/mol. The Morgan fingerprint density at radius 2 is 1.91 bits per heavy atom. The van der Waals surface area contributed by atoms with Gasteiger partial charge in [0, 0.05) is 19.3 Å². The molecular formula is C20H14I2. The maximum Gasteiger partial charge on any atom is 0.0400 e. The summed E-state index contributed by atoms with van der Waals surface area (Å²) in [4.78, 5) is 0. The Kier molecular flexibility index (Phi) is 3.09. The van der Waals surface area contributed by atoms with Gasteiger partial charge < -0.3 is 0 Å². The van der Waals surface area contributed by atoms with E-state index >= 15 is 0 Å². The third kappa shape index (κ3) is 1.74. The highest BCUT2D eigenvalue weighted by molar-refractivity contribution is 14.1. The molecule has 0 spiro atoms. The molecule has 0 radical (unpaired) electrons. The van der Waals surface area contributed by atoms with Gasteiger partial charge in [-0.3, -0.25) is 0 Å². The van der Waals surface area contributed by atoms with Gasteiger partial charge in [0.15, 0.2) is 0 Å². The Morgan fingerprint density at radius 1 is 1.00 bits per heavy atom. The van der Waals surface area contributed by atoms with E-state index in [1.807, 2.05) is 0 Å². The van der Waals surface area contributed by atoms with E-state index in [-0.39, 0.29) is 0 Å². The van der Waals surface area contributed by atoms with Crippen LogP contribution in [0.15, 0.2) is 63.8 Å². The Hall–Kier alpha value is -0.620. The van der Waals surface area contributed by atoms with E-state index in [9.17, 15) is 0 Å². The van der Waals surface area contributed by atoms with Gasteiger partial charge in [-0.25, -0.2) is 0 Å². The van der Waals surface area contributed by atoms with E-state index in [0.717, 1.165) is 6.42 Å². The molecule has 1 aromatic carbocycles. The lowest BCUT2D eigenvalue weighted by Gasteiger charge is -2.43. The lowest BCUT2D eigenvalue weighted by Crippen LogP contribution is -2.29. The molecule has 0 nitrogen and oxygen atoms in total. The molecule has 22 heavy (non-hydrogen) atoms. The molecule has 0 amide bonds. The van der Waals surface area contributed by atoms with E-state index in [4.69, 9.17) is 0 Å². The maximum absolute atomic E-state index is 2.60. The van der Waals surface area contributed by atoms with Gasteiger partial charge in [-0.2, -0.15) is 0 Å². The van der Waals surface area contributed by atoms with Gasteiger partial charge >= 0.3 is 0 Å². The van der Waals surface area contributed by atoms with Gasteiger partial charge in [-0.1, -0.05) is 71.2 Å². The highest BCUT2D eigenvalue weighted by Crippen LogP contribution is 2.57. The van der Waals surface area contributed by atoms with Crippen LogP contribution in [0.2, 0.25) is 0 Å². The van der Waals surface area contributed by atoms with Crippen molar-refractivity contribution in [1.82, 2.24) is 0 Å². The molecule has 0 saturated carbocycles. The topological polar surface area (TPSA) is 0 Å². The number of hydrogen-bond donors (Lipinski definition) is 0. The standard InChI is InChI=1S/C20H14I2/c21-17-9-8-14-12-4-2-6-16-18(22)10-7-13(20(12)16)11-3-1-5-15(17)19(11)14/h1-9,11,18-19H,10H2/t11?,18?,19-/m1/s1. The SMILES string of the molecule is IC1=CC=C2c3cccc4c3C(=CCC4I)C3C=CC=C1[C@@H]23. The van der Waals surface area contributed by atoms with E-state index in [1.54, 1.807) is 5.57 Å². The zero-order valence-electron chi connectivity index (χ0n) is 11.9. The van der Waals surface area contributed by atoms with Crippen LogP contribution in [0.5, 0.6) is 0 Å². The largest absolute Gasteiger partial charge is 0.0787 e. The van der Waals surface area contributed by atoms with Gasteiger partial charge in [0.2, 0.25) is 0 Å². The monoisotopic (exact) mass is 508 g/mol. The summed E-state index contributed by atoms with van der Waals surface area (Å²) in [5, 5.41) is 0. The molecule has 4 aliphatic rings. The lowest BCUT2D eigenvalue weighted by molar-refractivity contribution is 0.653. The molecule has 0 aliphatic heterocycles. The Morgan fingerprint density at radius 3 is 2.82 bits per heavy atom. The van der Waals surface area contributed by atoms with E-state index in [0.29, 0.717) is 15.8 Å². The summed E-state index contributed by atoms with van der Waals surface area (Å²) in [6.07, 6.45) is 15.3. The first kappa shape index (κ1) is 13.8. The molecule has 0 saturated heterocycles. The first-order valence-corrected chi connectivity index (χ1v) is 10.0. The molecule has 0 fully saturated rings. The van der Waals surface area contributed by atoms with E-state index in [2.05, 4.69) is 99.8 Å². The quantitative estimate of drug-likeness (QED) is 0.281. The Balaban J connectivity index is 1.87. The highest BCUT2D eigenvalue weighted by Gasteiger charge is 2.41. The van der Waals surface area contributed by atoms with Crippen molar-refractivity contribution in [3.63, 3.8) is 0 Å². The second kappa shape index (κ2) is 4.94. The second-order valence-corrected chi connectivity index (χ2v) is 8.95. The van der Waals surface area contributed by atoms with Gasteiger partial charge in [0.05, 0.1) is 0 Å². The third-order valence-electron chi connectivity index (χ3n) is 5.25. The summed E-state index contributed by atoms with van der Waals surface area (Å²) < 4.78 is 2.00. The predicted octanol–water partition coefficient (Wildman–Crippen LogP) is 6.41. The first-order valence-electron chi connectivity index (χ1n) is 7.69. The van der Waals surface area contributed by atoms with Crippen molar-refractivity contribution >= 4 is 56.3 Å². The maximum atomic E-state index is 2.60. The number of benzene rings is 1. The molecular weight excluding hydrogens is 494 g/mol. The van der Waals surface area contributed by atoms with Crippen LogP contribution in [0.3, 0.4) is 0 Å². The van der Waals surface area contributed by atoms with Gasteiger partial charge in [-0.15, -0.1) is 0 Å². The summed E-state index contributed by atoms with van der Waals surface area (Å²) in [6, 6.07) is 6.90. The van der Waals surface area contributed by atoms with Gasteiger partial charge in [-0.05, 0) is 68.5 Å². The Labute approximate surface area is 158 Å². The van der Waals surface area contributed by atoms with Crippen LogP contribution in [0.4, 0.5) is 0 Å². The van der Waals surface area contributed by atoms with Gasteiger partial charge in [0.25, 0.3) is 0 Å². The fraction of sp³-hybridized carbons (Fsp3) is 0.200. The van der Waals surface area contributed by atoms with Crippen molar-refractivity contribution in [2.24, 2.45) is 11.8 Å². The van der Waals surface area contributed by atoms with Crippen LogP contribution in [0.1, 0.15) is 27.0 Å². The minimum Gasteiger partial charge on any atom is -0.0787 e. The number of halogens is 2. The summed E-state index contributed by atoms with van der Waals surface area (Å²) in [7, 11) is 0. The van der Waals surface area contributed by atoms with Crippen molar-refractivity contribution in [2.75, 3.05) is 0 Å². The number of allylic oxidation sites excluding steroid dienone is 10. The highest BCUT2D eigenvalue weighted by atomic mass is 127. The van der Waals surface area contributed by atoms with Crippen molar-refractivity contribution < 1.29 is 0 Å². The number of alkyl halides is 1. The summed E-state index contributed by atoms with van der Waals surface area (Å²) in [5.41, 5.74) is 9.10. The van der Waals surface area contributed by atoms with Crippen LogP contribution in [0, 0.1) is 11.8 Å². The summed E-state index contributed by atoms with van der Waals surface area (Å²) in [5.74, 6) is 1.03. The minimum absolute atomic E-state index is 0.515. The molecule has 1 aromatic rings. The van der Waals surface area contributed by atoms with Crippen LogP contribution in [0.25, 0.3) is 11.1 Å². The zero-order chi connectivity index (χ0) is 14.8. The molecule has 0 heterocycles. The molecule has 0 N–H and O–H groups in total. The van der Waals surface area contributed by atoms with Crippen molar-refractivity contribution in [3.05, 3.63) is 80.5 Å². The molecule has 0 aromatic heterocycles. The average Bonchev–Trinajstić information content (AvgIpc) is 2.55. The lowest BCUT2D eigenvalue weighted by atomic mass is 9.62. The summed E-state index contributed by atoms with van der Waals surface area (Å²) in [6.45, 7) is 0. The number of rotatable bonds is 0. The minimum atomic E-state index is 0.515. The number of fused-ring (bicyclic) bond motifs is 2. The third-order valence-corrected chi connectivity index (χ3v) is 7.41. The van der Waals surface area contributed by atoms with E-state index < -0.39 is 0 Å². The smallest absolute Gasteiger partial charge is 0.0400 e. The predicted molar refractivity (Wildman–Crippen MR) is 110 cm³/mol. The molecule has 2 heteroatoms. The summed E-state index contributed by atoms with van der Waals surface area (Å²) >= 11 is 5.09. The molecule has 108 valence electrons. The first-order chi connectivity index (χ1) is 10.8. The number of hydrogen-bond acceptors (Lipinski definition) is 0. The van der Waals surface area contributed by atoms with Crippen molar-refractivity contribution in [1.29, 1.82) is 0 Å². The Bertz CT molecular complexity index is 848. The molecule has 4 aliphatic carbocycles. The van der Waals surface area contributed by atoms with Crippen LogP contribution in [-0.2, 0) is 0 Å². The fourth-order valence-corrected chi connectivity index (χ4v) is 5.80. The van der Waals surface area contributed by atoms with Gasteiger partial charge in [0.1, 0.15) is 0 Å². The van der Waals surface area contributed by atoms with Crippen LogP contribution in [-0.4, -0.2) is 0 Å². The second-order valence-electron chi connectivity index (χ2n) is 6.28. The van der Waals surface area contributed by atoms with Crippen molar-refractivity contribution in [3.8, 4) is 0 Å². The molecule has 5 rings (SSSR count). The normalized spacial score (nSPS) is 30.5. The van der Waals surface area contributed by atoms with Crippen molar-refractivity contribution in [2.45, 2.75) is 10.3 Å².